The second kappa shape index (κ2) is 7.37. The molecule has 0 saturated heterocycles. The maximum atomic E-state index is 12.6. The number of carbonyl (C=O) groups is 1. The number of amides is 1. The molecule has 0 aliphatic heterocycles. The molecule has 0 spiro atoms. The molecule has 6 nitrogen and oxygen atoms in total. The predicted octanol–water partition coefficient (Wildman–Crippen LogP) is 3.71. The normalized spacial score (nSPS) is 13.7. The Morgan fingerprint density at radius 3 is 2.67 bits per heavy atom. The molecule has 1 heterocycles. The van der Waals surface area contributed by atoms with Crippen molar-refractivity contribution in [1.82, 2.24) is 10.3 Å². The van der Waals surface area contributed by atoms with Crippen LogP contribution in [0, 0.1) is 0 Å². The van der Waals surface area contributed by atoms with Crippen LogP contribution in [0.5, 0.6) is 0 Å². The molecule has 132 valence electrons. The summed E-state index contributed by atoms with van der Waals surface area (Å²) in [6, 6.07) is 7.26. The molecule has 1 unspecified atom stereocenters. The van der Waals surface area contributed by atoms with E-state index in [0.717, 1.165) is 16.0 Å². The van der Waals surface area contributed by atoms with Gasteiger partial charge in [0.25, 0.3) is 0 Å². The van der Waals surface area contributed by atoms with E-state index in [1.165, 1.54) is 0 Å². The van der Waals surface area contributed by atoms with Crippen LogP contribution in [0.2, 0.25) is 0 Å². The van der Waals surface area contributed by atoms with Crippen LogP contribution < -0.4 is 5.32 Å². The highest BCUT2D eigenvalue weighted by molar-refractivity contribution is 9.11. The van der Waals surface area contributed by atoms with Crippen LogP contribution in [0.4, 0.5) is 4.79 Å². The molecule has 0 bridgehead atoms. The van der Waals surface area contributed by atoms with Crippen molar-refractivity contribution < 1.29 is 17.9 Å². The van der Waals surface area contributed by atoms with Crippen LogP contribution >= 0.6 is 27.3 Å². The van der Waals surface area contributed by atoms with Gasteiger partial charge in [-0.3, -0.25) is 0 Å². The average molecular weight is 435 g/mol. The van der Waals surface area contributed by atoms with Gasteiger partial charge in [0.2, 0.25) is 14.2 Å². The summed E-state index contributed by atoms with van der Waals surface area (Å²) in [6.45, 7) is 5.46. The second-order valence-electron chi connectivity index (χ2n) is 6.12. The highest BCUT2D eigenvalue weighted by atomic mass is 79.9. The summed E-state index contributed by atoms with van der Waals surface area (Å²) in [5.74, 6) is 0. The molecule has 24 heavy (non-hydrogen) atoms. The van der Waals surface area contributed by atoms with E-state index in [1.807, 2.05) is 18.2 Å². The van der Waals surface area contributed by atoms with Gasteiger partial charge in [0.05, 0.1) is 10.2 Å². The fourth-order valence-electron chi connectivity index (χ4n) is 1.84. The van der Waals surface area contributed by atoms with E-state index < -0.39 is 25.7 Å². The molecular weight excluding hydrogens is 416 g/mol. The number of benzene rings is 1. The Labute approximate surface area is 153 Å². The van der Waals surface area contributed by atoms with E-state index in [-0.39, 0.29) is 17.3 Å². The summed E-state index contributed by atoms with van der Waals surface area (Å²) in [4.78, 5) is 15.8. The lowest BCUT2D eigenvalue weighted by Gasteiger charge is -2.20. The van der Waals surface area contributed by atoms with E-state index in [2.05, 4.69) is 26.2 Å². The molecule has 1 atom stereocenters. The maximum Gasteiger partial charge on any atom is 0.407 e. The number of carbonyl (C=O) groups excluding carboxylic acids is 1. The standard InChI is InChI=1S/C15H19BrN2O4S2/c1-15(2,3)22-13(19)17-9-8-12(16)24(20,21)14-18-10-6-4-5-7-11(10)23-14/h4-7,12H,8-9H2,1-3H3,(H,17,19). The van der Waals surface area contributed by atoms with Crippen LogP contribution in [0.3, 0.4) is 0 Å². The predicted molar refractivity (Wildman–Crippen MR) is 98.4 cm³/mol. The first kappa shape index (κ1) is 19.1. The van der Waals surface area contributed by atoms with Crippen molar-refractivity contribution in [3.8, 4) is 0 Å². The summed E-state index contributed by atoms with van der Waals surface area (Å²) in [5.41, 5.74) is 0.0676. The number of fused-ring (bicyclic) bond motifs is 1. The van der Waals surface area contributed by atoms with Crippen molar-refractivity contribution in [2.45, 2.75) is 41.3 Å². The molecule has 0 aliphatic rings. The lowest BCUT2D eigenvalue weighted by molar-refractivity contribution is 0.0527. The fourth-order valence-corrected chi connectivity index (χ4v) is 5.62. The molecule has 0 saturated carbocycles. The minimum atomic E-state index is -3.60. The Morgan fingerprint density at radius 1 is 1.38 bits per heavy atom. The molecule has 0 aliphatic carbocycles. The van der Waals surface area contributed by atoms with Crippen LogP contribution in [0.1, 0.15) is 27.2 Å². The van der Waals surface area contributed by atoms with Crippen molar-refractivity contribution in [3.05, 3.63) is 24.3 Å². The molecular formula is C15H19BrN2O4S2. The largest absolute Gasteiger partial charge is 0.444 e. The summed E-state index contributed by atoms with van der Waals surface area (Å²) in [5, 5.41) is 2.55. The van der Waals surface area contributed by atoms with Gasteiger partial charge in [0.1, 0.15) is 9.76 Å². The van der Waals surface area contributed by atoms with Crippen molar-refractivity contribution in [2.24, 2.45) is 0 Å². The molecule has 0 radical (unpaired) electrons. The van der Waals surface area contributed by atoms with E-state index in [1.54, 1.807) is 26.8 Å². The lowest BCUT2D eigenvalue weighted by Crippen LogP contribution is -2.34. The quantitative estimate of drug-likeness (QED) is 0.724. The number of alkyl carbamates (subject to hydrolysis) is 1. The van der Waals surface area contributed by atoms with Crippen LogP contribution in [-0.4, -0.2) is 35.8 Å². The monoisotopic (exact) mass is 434 g/mol. The molecule has 0 fully saturated rings. The van der Waals surface area contributed by atoms with Gasteiger partial charge in [-0.25, -0.2) is 18.2 Å². The number of alkyl halides is 1. The average Bonchev–Trinajstić information content (AvgIpc) is 2.89. The van der Waals surface area contributed by atoms with Gasteiger partial charge in [0, 0.05) is 6.54 Å². The third-order valence-corrected chi connectivity index (χ3v) is 8.09. The highest BCUT2D eigenvalue weighted by Crippen LogP contribution is 2.30. The molecule has 1 N–H and O–H groups in total. The Balaban J connectivity index is 1.98. The Kier molecular flexibility index (Phi) is 5.87. The number of aromatic nitrogens is 1. The van der Waals surface area contributed by atoms with Gasteiger partial charge in [-0.15, -0.1) is 11.3 Å². The molecule has 2 aromatic rings. The van der Waals surface area contributed by atoms with Gasteiger partial charge in [-0.1, -0.05) is 28.1 Å². The van der Waals surface area contributed by atoms with Crippen molar-refractivity contribution in [1.29, 1.82) is 0 Å². The number of hydrogen-bond acceptors (Lipinski definition) is 6. The van der Waals surface area contributed by atoms with Crippen molar-refractivity contribution in [3.63, 3.8) is 0 Å². The Bertz CT molecular complexity index is 794. The fraction of sp³-hybridized carbons (Fsp3) is 0.467. The molecule has 1 amide bonds. The first-order valence-corrected chi connectivity index (χ1v) is 10.6. The first-order chi connectivity index (χ1) is 11.1. The van der Waals surface area contributed by atoms with Gasteiger partial charge in [-0.05, 0) is 39.3 Å². The number of thiazole rings is 1. The summed E-state index contributed by atoms with van der Waals surface area (Å²) in [7, 11) is -3.60. The topological polar surface area (TPSA) is 85.4 Å². The zero-order chi connectivity index (χ0) is 18.0. The molecule has 1 aromatic carbocycles. The second-order valence-corrected chi connectivity index (χ2v) is 11.2. The lowest BCUT2D eigenvalue weighted by atomic mass is 10.2. The first-order valence-electron chi connectivity index (χ1n) is 7.30. The van der Waals surface area contributed by atoms with Crippen LogP contribution in [0.15, 0.2) is 28.6 Å². The molecule has 2 rings (SSSR count). The minimum Gasteiger partial charge on any atom is -0.444 e. The number of rotatable bonds is 5. The van der Waals surface area contributed by atoms with Gasteiger partial charge in [-0.2, -0.15) is 0 Å². The van der Waals surface area contributed by atoms with E-state index >= 15 is 0 Å². The Morgan fingerprint density at radius 2 is 2.04 bits per heavy atom. The third-order valence-electron chi connectivity index (χ3n) is 2.89. The molecule has 1 aromatic heterocycles. The number of nitrogens with zero attached hydrogens (tertiary/aromatic N) is 1. The number of halogens is 1. The maximum absolute atomic E-state index is 12.6. The third kappa shape index (κ3) is 4.90. The van der Waals surface area contributed by atoms with E-state index in [0.29, 0.717) is 5.52 Å². The van der Waals surface area contributed by atoms with Crippen molar-refractivity contribution in [2.75, 3.05) is 6.54 Å². The number of ether oxygens (including phenoxy) is 1. The van der Waals surface area contributed by atoms with Gasteiger partial charge >= 0.3 is 6.09 Å². The number of hydrogen-bond donors (Lipinski definition) is 1. The van der Waals surface area contributed by atoms with E-state index in [4.69, 9.17) is 4.74 Å². The summed E-state index contributed by atoms with van der Waals surface area (Å²) >= 11 is 4.33. The highest BCUT2D eigenvalue weighted by Gasteiger charge is 2.28. The number of nitrogens with one attached hydrogen (secondary N) is 1. The van der Waals surface area contributed by atoms with E-state index in [9.17, 15) is 13.2 Å². The number of sulfone groups is 1. The van der Waals surface area contributed by atoms with Crippen LogP contribution in [-0.2, 0) is 14.6 Å². The van der Waals surface area contributed by atoms with Gasteiger partial charge < -0.3 is 10.1 Å². The van der Waals surface area contributed by atoms with Crippen molar-refractivity contribution >= 4 is 53.4 Å². The zero-order valence-corrected chi connectivity index (χ0v) is 16.8. The summed E-state index contributed by atoms with van der Waals surface area (Å²) < 4.78 is 30.3. The van der Waals surface area contributed by atoms with Crippen LogP contribution in [0.25, 0.3) is 10.2 Å². The smallest absolute Gasteiger partial charge is 0.407 e. The number of para-hydroxylation sites is 1. The zero-order valence-electron chi connectivity index (χ0n) is 13.6. The minimum absolute atomic E-state index is 0.0721. The SMILES string of the molecule is CC(C)(C)OC(=O)NCCC(Br)S(=O)(=O)c1nc2ccccc2s1. The Hall–Kier alpha value is -1.19. The molecule has 9 heteroatoms. The summed E-state index contributed by atoms with van der Waals surface area (Å²) in [6.07, 6.45) is -0.364. The van der Waals surface area contributed by atoms with Gasteiger partial charge in [0.15, 0.2) is 0 Å².